The van der Waals surface area contributed by atoms with Gasteiger partial charge in [-0.25, -0.2) is 0 Å². The Morgan fingerprint density at radius 1 is 0.727 bits per heavy atom. The zero-order chi connectivity index (χ0) is 15.1. The number of alkyl halides is 1. The average molecular weight is 349 g/mol. The van der Waals surface area contributed by atoms with Gasteiger partial charge in [-0.2, -0.15) is 0 Å². The summed E-state index contributed by atoms with van der Waals surface area (Å²) in [5.74, 6) is 0.0686. The van der Waals surface area contributed by atoms with Gasteiger partial charge in [0.2, 0.25) is 0 Å². The molecule has 1 aliphatic rings. The molecule has 0 heterocycles. The molecule has 0 saturated heterocycles. The first kappa shape index (κ1) is 13.5. The predicted octanol–water partition coefficient (Wildman–Crippen LogP) is 5.38. The second-order valence-electron chi connectivity index (χ2n) is 5.45. The van der Waals surface area contributed by atoms with E-state index in [0.717, 1.165) is 11.1 Å². The van der Waals surface area contributed by atoms with Crippen LogP contribution in [0.1, 0.15) is 31.9 Å². The van der Waals surface area contributed by atoms with Crippen LogP contribution in [0.15, 0.2) is 72.8 Å². The molecule has 0 radical (unpaired) electrons. The molecule has 0 N–H and O–H groups in total. The van der Waals surface area contributed by atoms with Gasteiger partial charge in [0.05, 0.1) is 4.83 Å². The highest BCUT2D eigenvalue weighted by Crippen LogP contribution is 2.48. The molecule has 1 atom stereocenters. The summed E-state index contributed by atoms with van der Waals surface area (Å²) in [5.41, 5.74) is 6.36. The minimum absolute atomic E-state index is 0.0686. The van der Waals surface area contributed by atoms with Gasteiger partial charge in [-0.1, -0.05) is 82.7 Å². The van der Waals surface area contributed by atoms with E-state index < -0.39 is 0 Å². The van der Waals surface area contributed by atoms with Crippen molar-refractivity contribution in [2.45, 2.75) is 4.83 Å². The van der Waals surface area contributed by atoms with Gasteiger partial charge in [0.1, 0.15) is 0 Å². The van der Waals surface area contributed by atoms with Crippen molar-refractivity contribution < 1.29 is 4.79 Å². The number of fused-ring (bicyclic) bond motifs is 3. The molecular formula is C20H13BrO. The molecule has 0 aromatic heterocycles. The summed E-state index contributed by atoms with van der Waals surface area (Å²) in [6.07, 6.45) is 0. The summed E-state index contributed by atoms with van der Waals surface area (Å²) < 4.78 is 0. The van der Waals surface area contributed by atoms with Gasteiger partial charge in [0, 0.05) is 11.1 Å². The van der Waals surface area contributed by atoms with Crippen LogP contribution in [0.2, 0.25) is 0 Å². The molecule has 0 spiro atoms. The Hall–Kier alpha value is -2.19. The Labute approximate surface area is 137 Å². The molecule has 1 unspecified atom stereocenters. The molecule has 3 aromatic carbocycles. The van der Waals surface area contributed by atoms with E-state index in [0.29, 0.717) is 0 Å². The second kappa shape index (κ2) is 5.22. The Balaban J connectivity index is 1.80. The summed E-state index contributed by atoms with van der Waals surface area (Å²) in [6, 6.07) is 23.8. The third-order valence-electron chi connectivity index (χ3n) is 4.15. The molecule has 1 nitrogen and oxygen atoms in total. The maximum Gasteiger partial charge on any atom is 0.193 e. The quantitative estimate of drug-likeness (QED) is 0.448. The van der Waals surface area contributed by atoms with Crippen LogP contribution in [0.3, 0.4) is 0 Å². The van der Waals surface area contributed by atoms with Crippen LogP contribution in [0.5, 0.6) is 0 Å². The van der Waals surface area contributed by atoms with E-state index in [1.165, 1.54) is 22.3 Å². The minimum atomic E-state index is 0.0686. The third-order valence-corrected chi connectivity index (χ3v) is 5.13. The highest BCUT2D eigenvalue weighted by molar-refractivity contribution is 9.09. The molecule has 0 bridgehead atoms. The SMILES string of the molecule is O=C(c1ccccc1)c1ccc2c(c1)C(Br)c1ccccc1-2. The average Bonchev–Trinajstić information content (AvgIpc) is 2.88. The highest BCUT2D eigenvalue weighted by atomic mass is 79.9. The third kappa shape index (κ3) is 2.03. The molecule has 0 saturated carbocycles. The van der Waals surface area contributed by atoms with Crippen LogP contribution in [-0.4, -0.2) is 5.78 Å². The predicted molar refractivity (Wildman–Crippen MR) is 92.5 cm³/mol. The number of ketones is 1. The summed E-state index contributed by atoms with van der Waals surface area (Å²) >= 11 is 3.76. The Morgan fingerprint density at radius 2 is 1.41 bits per heavy atom. The van der Waals surface area contributed by atoms with E-state index in [1.54, 1.807) is 0 Å². The van der Waals surface area contributed by atoms with Crippen LogP contribution in [0, 0.1) is 0 Å². The van der Waals surface area contributed by atoms with Gasteiger partial charge in [-0.15, -0.1) is 0 Å². The van der Waals surface area contributed by atoms with Crippen molar-refractivity contribution in [3.63, 3.8) is 0 Å². The zero-order valence-electron chi connectivity index (χ0n) is 11.8. The monoisotopic (exact) mass is 348 g/mol. The number of hydrogen-bond donors (Lipinski definition) is 0. The van der Waals surface area contributed by atoms with Crippen molar-refractivity contribution in [3.8, 4) is 11.1 Å². The standard InChI is InChI=1S/C20H13BrO/c21-19-17-9-5-4-8-15(17)16-11-10-14(12-18(16)19)20(22)13-6-2-1-3-7-13/h1-12,19H. The number of rotatable bonds is 2. The molecule has 3 aromatic rings. The molecule has 106 valence electrons. The van der Waals surface area contributed by atoms with Gasteiger partial charge >= 0.3 is 0 Å². The lowest BCUT2D eigenvalue weighted by atomic mass is 9.98. The lowest BCUT2D eigenvalue weighted by molar-refractivity contribution is 0.103. The van der Waals surface area contributed by atoms with Crippen molar-refractivity contribution in [3.05, 3.63) is 95.1 Å². The molecule has 2 heteroatoms. The van der Waals surface area contributed by atoms with Gasteiger partial charge in [-0.05, 0) is 28.3 Å². The summed E-state index contributed by atoms with van der Waals surface area (Å²) in [7, 11) is 0. The van der Waals surface area contributed by atoms with Crippen LogP contribution >= 0.6 is 15.9 Å². The Morgan fingerprint density at radius 3 is 2.23 bits per heavy atom. The van der Waals surface area contributed by atoms with Crippen molar-refractivity contribution in [2.24, 2.45) is 0 Å². The minimum Gasteiger partial charge on any atom is -0.289 e. The fraction of sp³-hybridized carbons (Fsp3) is 0.0500. The lowest BCUT2D eigenvalue weighted by Gasteiger charge is -2.07. The first-order valence-corrected chi connectivity index (χ1v) is 8.14. The topological polar surface area (TPSA) is 17.1 Å². The van der Waals surface area contributed by atoms with Crippen LogP contribution in [-0.2, 0) is 0 Å². The lowest BCUT2D eigenvalue weighted by Crippen LogP contribution is -2.01. The number of carbonyl (C=O) groups excluding carboxylic acids is 1. The van der Waals surface area contributed by atoms with E-state index >= 15 is 0 Å². The first-order chi connectivity index (χ1) is 10.8. The van der Waals surface area contributed by atoms with Crippen LogP contribution in [0.4, 0.5) is 0 Å². The largest absolute Gasteiger partial charge is 0.289 e. The van der Waals surface area contributed by atoms with Gasteiger partial charge in [-0.3, -0.25) is 4.79 Å². The van der Waals surface area contributed by atoms with Crippen molar-refractivity contribution in [2.75, 3.05) is 0 Å². The highest BCUT2D eigenvalue weighted by Gasteiger charge is 2.27. The maximum absolute atomic E-state index is 12.6. The number of halogens is 1. The fourth-order valence-electron chi connectivity index (χ4n) is 3.05. The van der Waals surface area contributed by atoms with Crippen LogP contribution in [0.25, 0.3) is 11.1 Å². The molecule has 0 amide bonds. The van der Waals surface area contributed by atoms with E-state index in [4.69, 9.17) is 0 Å². The molecule has 0 fully saturated rings. The number of benzene rings is 3. The summed E-state index contributed by atoms with van der Waals surface area (Å²) in [6.45, 7) is 0. The zero-order valence-corrected chi connectivity index (χ0v) is 13.4. The van der Waals surface area contributed by atoms with Crippen LogP contribution < -0.4 is 0 Å². The van der Waals surface area contributed by atoms with Gasteiger partial charge in [0.15, 0.2) is 5.78 Å². The van der Waals surface area contributed by atoms with E-state index in [1.807, 2.05) is 42.5 Å². The second-order valence-corrected chi connectivity index (χ2v) is 6.36. The molecule has 0 aliphatic heterocycles. The maximum atomic E-state index is 12.6. The molecule has 4 rings (SSSR count). The van der Waals surface area contributed by atoms with E-state index in [2.05, 4.69) is 46.3 Å². The molecular weight excluding hydrogens is 336 g/mol. The van der Waals surface area contributed by atoms with E-state index in [9.17, 15) is 4.79 Å². The van der Waals surface area contributed by atoms with E-state index in [-0.39, 0.29) is 10.6 Å². The smallest absolute Gasteiger partial charge is 0.193 e. The molecule has 22 heavy (non-hydrogen) atoms. The van der Waals surface area contributed by atoms with Crippen molar-refractivity contribution in [1.29, 1.82) is 0 Å². The van der Waals surface area contributed by atoms with Gasteiger partial charge < -0.3 is 0 Å². The number of hydrogen-bond acceptors (Lipinski definition) is 1. The van der Waals surface area contributed by atoms with Crippen molar-refractivity contribution >= 4 is 21.7 Å². The Bertz CT molecular complexity index is 868. The van der Waals surface area contributed by atoms with Crippen molar-refractivity contribution in [1.82, 2.24) is 0 Å². The number of carbonyl (C=O) groups is 1. The fourth-order valence-corrected chi connectivity index (χ4v) is 3.82. The van der Waals surface area contributed by atoms with Gasteiger partial charge in [0.25, 0.3) is 0 Å². The normalized spacial score (nSPS) is 15.2. The first-order valence-electron chi connectivity index (χ1n) is 7.23. The summed E-state index contributed by atoms with van der Waals surface area (Å²) in [4.78, 5) is 12.8. The molecule has 1 aliphatic carbocycles. The summed E-state index contributed by atoms with van der Waals surface area (Å²) in [5, 5.41) is 0. The Kier molecular flexibility index (Phi) is 3.20.